The number of carbonyl (C=O) groups is 1. The Morgan fingerprint density at radius 1 is 1.45 bits per heavy atom. The predicted molar refractivity (Wildman–Crippen MR) is 83.6 cm³/mol. The second-order valence-corrected chi connectivity index (χ2v) is 6.27. The molecule has 0 bridgehead atoms. The van der Waals surface area contributed by atoms with E-state index in [1.54, 1.807) is 12.1 Å². The molecule has 20 heavy (non-hydrogen) atoms. The standard InChI is InChI=1S/C11H8Cl3N4OS/c12-11(13,14)5-17-10(20)18-7-3-1-2-6(4-15)8(7)9(16)19/h1-3,5H,(H2,16,19)(H2,17,18,20). The van der Waals surface area contributed by atoms with Gasteiger partial charge in [0.15, 0.2) is 5.11 Å². The molecule has 0 saturated heterocycles. The molecule has 1 aromatic carbocycles. The third kappa shape index (κ3) is 5.02. The molecule has 9 heteroatoms. The van der Waals surface area contributed by atoms with Crippen LogP contribution in [-0.2, 0) is 0 Å². The Kier molecular flexibility index (Phi) is 5.84. The smallest absolute Gasteiger partial charge is 0.252 e. The summed E-state index contributed by atoms with van der Waals surface area (Å²) >= 11 is 21.5. The summed E-state index contributed by atoms with van der Waals surface area (Å²) in [4.78, 5) is 11.4. The number of primary amides is 1. The number of nitrogens with zero attached hydrogens (tertiary/aromatic N) is 1. The number of anilines is 1. The topological polar surface area (TPSA) is 90.9 Å². The molecule has 4 N–H and O–H groups in total. The number of nitrogens with one attached hydrogen (secondary N) is 2. The molecule has 0 aliphatic carbocycles. The number of hydrogen-bond acceptors (Lipinski definition) is 3. The van der Waals surface area contributed by atoms with Gasteiger partial charge in [-0.25, -0.2) is 0 Å². The maximum absolute atomic E-state index is 11.4. The van der Waals surface area contributed by atoms with Crippen molar-refractivity contribution in [2.75, 3.05) is 5.32 Å². The molecule has 105 valence electrons. The Bertz CT molecular complexity index is 580. The number of hydrogen-bond donors (Lipinski definition) is 3. The van der Waals surface area contributed by atoms with Crippen molar-refractivity contribution in [2.24, 2.45) is 5.73 Å². The van der Waals surface area contributed by atoms with Gasteiger partial charge in [-0.3, -0.25) is 4.79 Å². The van der Waals surface area contributed by atoms with Crippen LogP contribution in [0.3, 0.4) is 0 Å². The maximum atomic E-state index is 11.4. The number of rotatable bonds is 3. The van der Waals surface area contributed by atoms with E-state index in [1.807, 2.05) is 6.07 Å². The van der Waals surface area contributed by atoms with Crippen molar-refractivity contribution >= 4 is 63.7 Å². The van der Waals surface area contributed by atoms with Crippen LogP contribution in [0.2, 0.25) is 0 Å². The molecule has 5 nitrogen and oxygen atoms in total. The molecule has 0 spiro atoms. The first-order valence-corrected chi connectivity index (χ1v) is 6.60. The van der Waals surface area contributed by atoms with Crippen LogP contribution in [0.4, 0.5) is 5.69 Å². The van der Waals surface area contributed by atoms with E-state index >= 15 is 0 Å². The molecule has 1 radical (unpaired) electrons. The fourth-order valence-electron chi connectivity index (χ4n) is 1.32. The Balaban J connectivity index is 2.91. The molecular formula is C11H8Cl3N4OS. The number of benzene rings is 1. The number of carbonyl (C=O) groups excluding carboxylic acids is 1. The third-order valence-electron chi connectivity index (χ3n) is 2.05. The van der Waals surface area contributed by atoms with Crippen molar-refractivity contribution in [1.29, 1.82) is 5.26 Å². The monoisotopic (exact) mass is 349 g/mol. The quantitative estimate of drug-likeness (QED) is 0.575. The fourth-order valence-corrected chi connectivity index (χ4v) is 1.65. The van der Waals surface area contributed by atoms with Gasteiger partial charge in [0.2, 0.25) is 3.79 Å². The minimum atomic E-state index is -1.63. The van der Waals surface area contributed by atoms with Crippen LogP contribution in [0.25, 0.3) is 0 Å². The van der Waals surface area contributed by atoms with Crippen LogP contribution in [-0.4, -0.2) is 14.8 Å². The van der Waals surface area contributed by atoms with Gasteiger partial charge in [-0.1, -0.05) is 40.9 Å². The van der Waals surface area contributed by atoms with Crippen LogP contribution in [0.5, 0.6) is 0 Å². The lowest BCUT2D eigenvalue weighted by atomic mass is 10.1. The van der Waals surface area contributed by atoms with E-state index in [2.05, 4.69) is 10.6 Å². The van der Waals surface area contributed by atoms with Gasteiger partial charge in [-0.05, 0) is 24.4 Å². The zero-order valence-electron chi connectivity index (χ0n) is 9.78. The lowest BCUT2D eigenvalue weighted by Crippen LogP contribution is -2.31. The number of halogens is 3. The highest BCUT2D eigenvalue weighted by atomic mass is 35.6. The van der Waals surface area contributed by atoms with Crippen LogP contribution >= 0.6 is 47.0 Å². The van der Waals surface area contributed by atoms with Crippen molar-refractivity contribution in [3.8, 4) is 6.07 Å². The fraction of sp³-hybridized carbons (Fsp3) is 0.0909. The molecule has 0 aromatic heterocycles. The Morgan fingerprint density at radius 2 is 2.10 bits per heavy atom. The average Bonchev–Trinajstić information content (AvgIpc) is 2.35. The van der Waals surface area contributed by atoms with Crippen LogP contribution in [0.15, 0.2) is 18.2 Å². The van der Waals surface area contributed by atoms with E-state index < -0.39 is 9.70 Å². The summed E-state index contributed by atoms with van der Waals surface area (Å²) in [6.45, 7) is 1.13. The molecule has 1 aromatic rings. The number of nitrogens with two attached hydrogens (primary N) is 1. The SMILES string of the molecule is N#Cc1cccc(NC(=S)N[CH]C(Cl)(Cl)Cl)c1C(N)=O. The zero-order chi connectivity index (χ0) is 15.3. The van der Waals surface area contributed by atoms with E-state index in [-0.39, 0.29) is 21.9 Å². The molecule has 0 aliphatic heterocycles. The first-order valence-electron chi connectivity index (χ1n) is 5.06. The molecule has 0 fully saturated rings. The van der Waals surface area contributed by atoms with Crippen molar-refractivity contribution in [1.82, 2.24) is 5.32 Å². The van der Waals surface area contributed by atoms with E-state index in [0.29, 0.717) is 0 Å². The lowest BCUT2D eigenvalue weighted by molar-refractivity contribution is 0.100. The summed E-state index contributed by atoms with van der Waals surface area (Å²) in [7, 11) is 0. The van der Waals surface area contributed by atoms with Gasteiger partial charge in [-0.15, -0.1) is 0 Å². The van der Waals surface area contributed by atoms with E-state index in [0.717, 1.165) is 6.54 Å². The third-order valence-corrected chi connectivity index (χ3v) is 2.59. The van der Waals surface area contributed by atoms with Crippen LogP contribution in [0.1, 0.15) is 15.9 Å². The van der Waals surface area contributed by atoms with Crippen molar-refractivity contribution in [2.45, 2.75) is 3.79 Å². The van der Waals surface area contributed by atoms with Gasteiger partial charge in [0, 0.05) is 0 Å². The average molecular weight is 351 g/mol. The zero-order valence-corrected chi connectivity index (χ0v) is 12.9. The minimum absolute atomic E-state index is 0.0352. The summed E-state index contributed by atoms with van der Waals surface area (Å²) in [5.41, 5.74) is 5.70. The second-order valence-electron chi connectivity index (χ2n) is 3.49. The summed E-state index contributed by atoms with van der Waals surface area (Å²) in [6.07, 6.45) is 0. The molecule has 0 saturated carbocycles. The van der Waals surface area contributed by atoms with E-state index in [9.17, 15) is 4.79 Å². The summed E-state index contributed by atoms with van der Waals surface area (Å²) < 4.78 is -1.63. The maximum Gasteiger partial charge on any atom is 0.252 e. The van der Waals surface area contributed by atoms with Crippen molar-refractivity contribution in [3.63, 3.8) is 0 Å². The minimum Gasteiger partial charge on any atom is -0.365 e. The largest absolute Gasteiger partial charge is 0.365 e. The molecule has 1 amide bonds. The first kappa shape index (κ1) is 16.8. The van der Waals surface area contributed by atoms with E-state index in [1.165, 1.54) is 6.07 Å². The van der Waals surface area contributed by atoms with Gasteiger partial charge in [-0.2, -0.15) is 5.26 Å². The lowest BCUT2D eigenvalue weighted by Gasteiger charge is -2.15. The van der Waals surface area contributed by atoms with Gasteiger partial charge < -0.3 is 16.4 Å². The second kappa shape index (κ2) is 6.95. The Morgan fingerprint density at radius 3 is 2.60 bits per heavy atom. The number of nitriles is 1. The molecule has 1 rings (SSSR count). The molecule has 0 unspecified atom stereocenters. The van der Waals surface area contributed by atoms with E-state index in [4.69, 9.17) is 58.0 Å². The van der Waals surface area contributed by atoms with Crippen molar-refractivity contribution in [3.05, 3.63) is 35.9 Å². The van der Waals surface area contributed by atoms with Gasteiger partial charge in [0.1, 0.15) is 6.07 Å². The number of amides is 1. The predicted octanol–water partition coefficient (Wildman–Crippen LogP) is 2.48. The molecule has 0 atom stereocenters. The summed E-state index contributed by atoms with van der Waals surface area (Å²) in [6, 6.07) is 6.46. The van der Waals surface area contributed by atoms with Crippen molar-refractivity contribution < 1.29 is 4.79 Å². The van der Waals surface area contributed by atoms with Crippen LogP contribution < -0.4 is 16.4 Å². The summed E-state index contributed by atoms with van der Waals surface area (Å²) in [5, 5.41) is 14.3. The highest BCUT2D eigenvalue weighted by Gasteiger charge is 2.21. The molecule has 0 heterocycles. The number of alkyl halides is 3. The van der Waals surface area contributed by atoms with Gasteiger partial charge in [0.05, 0.1) is 23.4 Å². The van der Waals surface area contributed by atoms with Gasteiger partial charge in [0.25, 0.3) is 5.91 Å². The normalized spacial score (nSPS) is 10.5. The highest BCUT2D eigenvalue weighted by molar-refractivity contribution is 7.80. The Labute approximate surface area is 136 Å². The number of thiocarbonyl (C=S) groups is 1. The highest BCUT2D eigenvalue weighted by Crippen LogP contribution is 2.27. The van der Waals surface area contributed by atoms with Crippen LogP contribution in [0, 0.1) is 17.9 Å². The first-order chi connectivity index (χ1) is 9.24. The molecule has 0 aliphatic rings. The summed E-state index contributed by atoms with van der Waals surface area (Å²) in [5.74, 6) is -0.752. The molecular weight excluding hydrogens is 343 g/mol. The Hall–Kier alpha value is -1.26. The van der Waals surface area contributed by atoms with Gasteiger partial charge >= 0.3 is 0 Å².